The lowest BCUT2D eigenvalue weighted by Crippen LogP contribution is -1.99. The Hall–Kier alpha value is -1.27. The molecule has 1 heteroatoms. The molecule has 1 atom stereocenters. The van der Waals surface area contributed by atoms with Gasteiger partial charge in [0, 0.05) is 0 Å². The highest BCUT2D eigenvalue weighted by atomic mass is 35.5. The highest BCUT2D eigenvalue weighted by Gasteiger charge is 2.11. The maximum Gasteiger partial charge on any atom is 0.0628 e. The molecule has 0 fully saturated rings. The number of benzene rings is 2. The Morgan fingerprint density at radius 2 is 1.67 bits per heavy atom. The molecule has 0 nitrogen and oxygen atoms in total. The molecule has 0 amide bonds. The lowest BCUT2D eigenvalue weighted by atomic mass is 9.97. The summed E-state index contributed by atoms with van der Waals surface area (Å²) in [7, 11) is 0. The van der Waals surface area contributed by atoms with Crippen LogP contribution in [-0.2, 0) is 6.42 Å². The SMILES string of the molecule is Cc1cccc(CC(Cl)c2cc(C)ccc2C)c1. The van der Waals surface area contributed by atoms with Gasteiger partial charge in [0.1, 0.15) is 0 Å². The number of aryl methyl sites for hydroxylation is 3. The average molecular weight is 259 g/mol. The minimum absolute atomic E-state index is 0.0479. The van der Waals surface area contributed by atoms with Crippen molar-refractivity contribution in [1.29, 1.82) is 0 Å². The topological polar surface area (TPSA) is 0 Å². The molecule has 2 aromatic rings. The van der Waals surface area contributed by atoms with E-state index < -0.39 is 0 Å². The second-order valence-corrected chi connectivity index (χ2v) is 5.55. The molecule has 0 saturated heterocycles. The Morgan fingerprint density at radius 3 is 2.39 bits per heavy atom. The molecule has 0 heterocycles. The van der Waals surface area contributed by atoms with Gasteiger partial charge in [-0.1, -0.05) is 53.6 Å². The zero-order valence-corrected chi connectivity index (χ0v) is 12.0. The van der Waals surface area contributed by atoms with Gasteiger partial charge in [-0.25, -0.2) is 0 Å². The first-order valence-corrected chi connectivity index (χ1v) is 6.76. The van der Waals surface area contributed by atoms with Gasteiger partial charge in [-0.05, 0) is 43.9 Å². The molecule has 0 spiro atoms. The standard InChI is InChI=1S/C17H19Cl/c1-12-5-4-6-15(9-12)11-17(18)16-10-13(2)7-8-14(16)3/h4-10,17H,11H2,1-3H3. The minimum atomic E-state index is 0.0479. The van der Waals surface area contributed by atoms with Crippen LogP contribution in [0.3, 0.4) is 0 Å². The lowest BCUT2D eigenvalue weighted by Gasteiger charge is -2.14. The van der Waals surface area contributed by atoms with Crippen LogP contribution in [0.25, 0.3) is 0 Å². The van der Waals surface area contributed by atoms with Crippen LogP contribution in [0.15, 0.2) is 42.5 Å². The molecule has 0 N–H and O–H groups in total. The Bertz CT molecular complexity index is 543. The van der Waals surface area contributed by atoms with E-state index in [2.05, 4.69) is 63.2 Å². The predicted octanol–water partition coefficient (Wildman–Crippen LogP) is 5.13. The molecule has 0 aromatic heterocycles. The smallest absolute Gasteiger partial charge is 0.0628 e. The molecule has 18 heavy (non-hydrogen) atoms. The summed E-state index contributed by atoms with van der Waals surface area (Å²) in [6.07, 6.45) is 0.882. The van der Waals surface area contributed by atoms with Crippen molar-refractivity contribution in [3.05, 3.63) is 70.3 Å². The van der Waals surface area contributed by atoms with Gasteiger partial charge >= 0.3 is 0 Å². The predicted molar refractivity (Wildman–Crippen MR) is 79.4 cm³/mol. The molecule has 0 saturated carbocycles. The van der Waals surface area contributed by atoms with Crippen LogP contribution < -0.4 is 0 Å². The van der Waals surface area contributed by atoms with E-state index in [1.165, 1.54) is 27.8 Å². The Balaban J connectivity index is 2.21. The lowest BCUT2D eigenvalue weighted by molar-refractivity contribution is 0.906. The Morgan fingerprint density at radius 1 is 0.944 bits per heavy atom. The van der Waals surface area contributed by atoms with Crippen molar-refractivity contribution >= 4 is 11.6 Å². The second kappa shape index (κ2) is 5.58. The zero-order valence-electron chi connectivity index (χ0n) is 11.2. The van der Waals surface area contributed by atoms with Gasteiger partial charge in [-0.2, -0.15) is 0 Å². The molecule has 0 radical (unpaired) electrons. The van der Waals surface area contributed by atoms with E-state index in [0.29, 0.717) is 0 Å². The first-order valence-electron chi connectivity index (χ1n) is 6.33. The van der Waals surface area contributed by atoms with E-state index >= 15 is 0 Å². The van der Waals surface area contributed by atoms with Crippen LogP contribution >= 0.6 is 11.6 Å². The molecule has 2 rings (SSSR count). The summed E-state index contributed by atoms with van der Waals surface area (Å²) in [5.41, 5.74) is 6.38. The zero-order chi connectivity index (χ0) is 13.1. The highest BCUT2D eigenvalue weighted by Crippen LogP contribution is 2.28. The van der Waals surface area contributed by atoms with Crippen molar-refractivity contribution in [3.63, 3.8) is 0 Å². The molecule has 0 bridgehead atoms. The fourth-order valence-electron chi connectivity index (χ4n) is 2.25. The van der Waals surface area contributed by atoms with Crippen molar-refractivity contribution in [2.24, 2.45) is 0 Å². The highest BCUT2D eigenvalue weighted by molar-refractivity contribution is 6.21. The van der Waals surface area contributed by atoms with Gasteiger partial charge in [-0.3, -0.25) is 0 Å². The van der Waals surface area contributed by atoms with E-state index in [0.717, 1.165) is 6.42 Å². The molecule has 0 aliphatic rings. The largest absolute Gasteiger partial charge is 0.117 e. The average Bonchev–Trinajstić information content (AvgIpc) is 2.32. The first-order chi connectivity index (χ1) is 8.56. The molecule has 0 aliphatic heterocycles. The van der Waals surface area contributed by atoms with Gasteiger partial charge in [0.25, 0.3) is 0 Å². The fraction of sp³-hybridized carbons (Fsp3) is 0.294. The Kier molecular flexibility index (Phi) is 4.08. The van der Waals surface area contributed by atoms with Crippen LogP contribution in [0.5, 0.6) is 0 Å². The summed E-state index contributed by atoms with van der Waals surface area (Å²) < 4.78 is 0. The number of hydrogen-bond donors (Lipinski definition) is 0. The molecule has 0 aliphatic carbocycles. The third-order valence-electron chi connectivity index (χ3n) is 3.27. The molecule has 94 valence electrons. The van der Waals surface area contributed by atoms with Crippen molar-refractivity contribution in [2.45, 2.75) is 32.6 Å². The molecule has 1 unspecified atom stereocenters. The Labute approximate surface area is 115 Å². The van der Waals surface area contributed by atoms with Crippen molar-refractivity contribution in [2.75, 3.05) is 0 Å². The second-order valence-electron chi connectivity index (χ2n) is 5.02. The number of alkyl halides is 1. The van der Waals surface area contributed by atoms with Crippen LogP contribution in [0, 0.1) is 20.8 Å². The summed E-state index contributed by atoms with van der Waals surface area (Å²) in [5.74, 6) is 0. The van der Waals surface area contributed by atoms with Crippen LogP contribution in [0.1, 0.15) is 33.2 Å². The van der Waals surface area contributed by atoms with E-state index in [1.807, 2.05) is 0 Å². The quantitative estimate of drug-likeness (QED) is 0.669. The number of rotatable bonds is 3. The first kappa shape index (κ1) is 13.2. The van der Waals surface area contributed by atoms with E-state index in [9.17, 15) is 0 Å². The van der Waals surface area contributed by atoms with E-state index in [-0.39, 0.29) is 5.38 Å². The normalized spacial score (nSPS) is 12.4. The van der Waals surface area contributed by atoms with E-state index in [1.54, 1.807) is 0 Å². The summed E-state index contributed by atoms with van der Waals surface area (Å²) in [6, 6.07) is 15.0. The van der Waals surface area contributed by atoms with Gasteiger partial charge in [0.2, 0.25) is 0 Å². The minimum Gasteiger partial charge on any atom is -0.117 e. The number of hydrogen-bond acceptors (Lipinski definition) is 0. The molecular weight excluding hydrogens is 240 g/mol. The van der Waals surface area contributed by atoms with Crippen LogP contribution in [-0.4, -0.2) is 0 Å². The summed E-state index contributed by atoms with van der Waals surface area (Å²) in [4.78, 5) is 0. The monoisotopic (exact) mass is 258 g/mol. The van der Waals surface area contributed by atoms with Crippen LogP contribution in [0.2, 0.25) is 0 Å². The van der Waals surface area contributed by atoms with Crippen molar-refractivity contribution in [1.82, 2.24) is 0 Å². The maximum atomic E-state index is 6.57. The van der Waals surface area contributed by atoms with Gasteiger partial charge in [0.15, 0.2) is 0 Å². The van der Waals surface area contributed by atoms with Crippen molar-refractivity contribution < 1.29 is 0 Å². The van der Waals surface area contributed by atoms with Crippen LogP contribution in [0.4, 0.5) is 0 Å². The fourth-order valence-corrected chi connectivity index (χ4v) is 2.67. The molecule has 2 aromatic carbocycles. The summed E-state index contributed by atoms with van der Waals surface area (Å²) in [6.45, 7) is 6.35. The van der Waals surface area contributed by atoms with E-state index in [4.69, 9.17) is 11.6 Å². The molecular formula is C17H19Cl. The third kappa shape index (κ3) is 3.14. The maximum absolute atomic E-state index is 6.57. The van der Waals surface area contributed by atoms with Crippen molar-refractivity contribution in [3.8, 4) is 0 Å². The summed E-state index contributed by atoms with van der Waals surface area (Å²) in [5, 5.41) is 0.0479. The van der Waals surface area contributed by atoms with Gasteiger partial charge in [-0.15, -0.1) is 11.6 Å². The third-order valence-corrected chi connectivity index (χ3v) is 3.66. The van der Waals surface area contributed by atoms with Gasteiger partial charge < -0.3 is 0 Å². The van der Waals surface area contributed by atoms with Gasteiger partial charge in [0.05, 0.1) is 5.38 Å². The number of halogens is 1. The summed E-state index contributed by atoms with van der Waals surface area (Å²) >= 11 is 6.57.